The van der Waals surface area contributed by atoms with Crippen LogP contribution in [0.25, 0.3) is 10.3 Å². The van der Waals surface area contributed by atoms with Crippen LogP contribution in [-0.2, 0) is 0 Å². The molecule has 0 saturated carbocycles. The molecular weight excluding hydrogens is 308 g/mol. The number of rotatable bonds is 9. The van der Waals surface area contributed by atoms with E-state index in [9.17, 15) is 4.79 Å². The number of aliphatic hydroxyl groups is 1. The molecular formula is C13H20N4O2S2. The fourth-order valence-corrected chi connectivity index (χ4v) is 3.44. The zero-order valence-electron chi connectivity index (χ0n) is 12.0. The Hall–Kier alpha value is -1.12. The number of nitrogens with zero attached hydrogens (tertiary/aromatic N) is 2. The summed E-state index contributed by atoms with van der Waals surface area (Å²) in [4.78, 5) is 23.6. The Kier molecular flexibility index (Phi) is 6.47. The molecule has 8 heteroatoms. The van der Waals surface area contributed by atoms with E-state index in [-0.39, 0.29) is 12.2 Å². The molecule has 2 heterocycles. The molecule has 0 amide bonds. The molecule has 0 bridgehead atoms. The van der Waals surface area contributed by atoms with E-state index in [4.69, 9.17) is 5.11 Å². The molecule has 0 spiro atoms. The first kappa shape index (κ1) is 16.3. The highest BCUT2D eigenvalue weighted by atomic mass is 32.2. The Morgan fingerprint density at radius 2 is 2.19 bits per heavy atom. The third-order valence-electron chi connectivity index (χ3n) is 2.84. The summed E-state index contributed by atoms with van der Waals surface area (Å²) >= 11 is 2.86. The molecule has 0 aliphatic rings. The second kappa shape index (κ2) is 8.35. The number of thioether (sulfide) groups is 1. The quantitative estimate of drug-likeness (QED) is 0.372. The molecule has 6 nitrogen and oxygen atoms in total. The van der Waals surface area contributed by atoms with Crippen LogP contribution in [0.3, 0.4) is 0 Å². The molecule has 0 aromatic carbocycles. The third-order valence-corrected chi connectivity index (χ3v) is 4.80. The van der Waals surface area contributed by atoms with Crippen LogP contribution >= 0.6 is 23.1 Å². The van der Waals surface area contributed by atoms with Crippen LogP contribution < -0.4 is 10.9 Å². The van der Waals surface area contributed by atoms with Crippen LogP contribution in [-0.4, -0.2) is 39.0 Å². The number of aromatic amines is 1. The summed E-state index contributed by atoms with van der Waals surface area (Å²) in [6.07, 6.45) is 4.14. The Balaban J connectivity index is 2.07. The number of thiazole rings is 1. The van der Waals surface area contributed by atoms with Gasteiger partial charge in [0.15, 0.2) is 15.9 Å². The van der Waals surface area contributed by atoms with Crippen molar-refractivity contribution < 1.29 is 5.11 Å². The fraction of sp³-hybridized carbons (Fsp3) is 0.615. The van der Waals surface area contributed by atoms with Crippen molar-refractivity contribution in [3.63, 3.8) is 0 Å². The van der Waals surface area contributed by atoms with Crippen LogP contribution in [0.2, 0.25) is 0 Å². The molecule has 0 aliphatic carbocycles. The van der Waals surface area contributed by atoms with Crippen molar-refractivity contribution in [3.8, 4) is 0 Å². The maximum absolute atomic E-state index is 12.0. The van der Waals surface area contributed by atoms with Gasteiger partial charge in [-0.15, -0.1) is 0 Å². The van der Waals surface area contributed by atoms with Crippen LogP contribution in [0.15, 0.2) is 9.95 Å². The molecule has 2 rings (SSSR count). The van der Waals surface area contributed by atoms with E-state index in [1.807, 2.05) is 0 Å². The van der Waals surface area contributed by atoms with Gasteiger partial charge >= 0.3 is 0 Å². The summed E-state index contributed by atoms with van der Waals surface area (Å²) in [7, 11) is 0. The highest BCUT2D eigenvalue weighted by Gasteiger charge is 2.10. The van der Waals surface area contributed by atoms with Crippen molar-refractivity contribution in [1.82, 2.24) is 15.0 Å². The lowest BCUT2D eigenvalue weighted by molar-refractivity contribution is 0.292. The maximum atomic E-state index is 12.0. The molecule has 21 heavy (non-hydrogen) atoms. The number of hydrogen-bond acceptors (Lipinski definition) is 7. The number of fused-ring (bicyclic) bond motifs is 1. The smallest absolute Gasteiger partial charge is 0.271 e. The SMILES string of the molecule is CCCCCSc1nc2nc(NCCCO)sc2c(=O)[nH]1. The lowest BCUT2D eigenvalue weighted by Gasteiger charge is -1.99. The van der Waals surface area contributed by atoms with Gasteiger partial charge in [0, 0.05) is 18.9 Å². The van der Waals surface area contributed by atoms with Crippen LogP contribution in [0, 0.1) is 0 Å². The lowest BCUT2D eigenvalue weighted by atomic mass is 10.3. The van der Waals surface area contributed by atoms with Crippen molar-refractivity contribution in [2.75, 3.05) is 24.2 Å². The summed E-state index contributed by atoms with van der Waals surface area (Å²) < 4.78 is 0.541. The monoisotopic (exact) mass is 328 g/mol. The first-order valence-electron chi connectivity index (χ1n) is 7.13. The highest BCUT2D eigenvalue weighted by Crippen LogP contribution is 2.23. The molecule has 0 saturated heterocycles. The second-order valence-corrected chi connectivity index (χ2v) is 6.69. The Bertz CT molecular complexity index is 626. The van der Waals surface area contributed by atoms with Crippen molar-refractivity contribution in [1.29, 1.82) is 0 Å². The van der Waals surface area contributed by atoms with Gasteiger partial charge in [-0.1, -0.05) is 42.9 Å². The molecule has 0 fully saturated rings. The van der Waals surface area contributed by atoms with Gasteiger partial charge in [-0.05, 0) is 12.8 Å². The van der Waals surface area contributed by atoms with E-state index in [1.165, 1.54) is 24.2 Å². The zero-order chi connectivity index (χ0) is 15.1. The van der Waals surface area contributed by atoms with Crippen LogP contribution in [0.1, 0.15) is 32.6 Å². The number of aliphatic hydroxyl groups excluding tert-OH is 1. The second-order valence-electron chi connectivity index (χ2n) is 4.60. The van der Waals surface area contributed by atoms with Gasteiger partial charge in [0.25, 0.3) is 5.56 Å². The van der Waals surface area contributed by atoms with Crippen molar-refractivity contribution in [2.24, 2.45) is 0 Å². The Labute approximate surface area is 131 Å². The molecule has 0 atom stereocenters. The van der Waals surface area contributed by atoms with Gasteiger partial charge < -0.3 is 15.4 Å². The number of hydrogen-bond donors (Lipinski definition) is 3. The van der Waals surface area contributed by atoms with Gasteiger partial charge in [-0.3, -0.25) is 4.79 Å². The summed E-state index contributed by atoms with van der Waals surface area (Å²) in [5, 5.41) is 13.2. The first-order valence-corrected chi connectivity index (χ1v) is 8.93. The average molecular weight is 328 g/mol. The Morgan fingerprint density at radius 3 is 2.95 bits per heavy atom. The molecule has 2 aromatic heterocycles. The Morgan fingerprint density at radius 1 is 1.33 bits per heavy atom. The minimum absolute atomic E-state index is 0.134. The van der Waals surface area contributed by atoms with Gasteiger partial charge in [0.2, 0.25) is 0 Å². The largest absolute Gasteiger partial charge is 0.396 e. The molecule has 116 valence electrons. The number of nitrogens with one attached hydrogen (secondary N) is 2. The van der Waals surface area contributed by atoms with Crippen molar-refractivity contribution >= 4 is 38.6 Å². The minimum atomic E-state index is -0.134. The van der Waals surface area contributed by atoms with E-state index in [1.54, 1.807) is 11.8 Å². The molecule has 0 aliphatic heterocycles. The standard InChI is InChI=1S/C13H20N4O2S2/c1-2-3-4-8-20-13-16-10-9(11(19)17-13)21-12(15-10)14-6-5-7-18/h18H,2-8H2,1H3,(H2,14,15,16,17,19). The third kappa shape index (κ3) is 4.69. The predicted octanol–water partition coefficient (Wildman–Crippen LogP) is 2.46. The van der Waals surface area contributed by atoms with E-state index in [0.717, 1.165) is 12.2 Å². The van der Waals surface area contributed by atoms with Gasteiger partial charge in [-0.2, -0.15) is 4.98 Å². The van der Waals surface area contributed by atoms with E-state index < -0.39 is 0 Å². The number of H-pyrrole nitrogens is 1. The summed E-state index contributed by atoms with van der Waals surface area (Å²) in [6.45, 7) is 2.93. The molecule has 2 aromatic rings. The predicted molar refractivity (Wildman–Crippen MR) is 88.5 cm³/mol. The van der Waals surface area contributed by atoms with Gasteiger partial charge in [-0.25, -0.2) is 4.98 Å². The first-order chi connectivity index (χ1) is 10.2. The van der Waals surface area contributed by atoms with Gasteiger partial charge in [0.05, 0.1) is 0 Å². The zero-order valence-corrected chi connectivity index (χ0v) is 13.6. The fourth-order valence-electron chi connectivity index (χ4n) is 1.75. The molecule has 3 N–H and O–H groups in total. The molecule has 0 unspecified atom stereocenters. The van der Waals surface area contributed by atoms with E-state index >= 15 is 0 Å². The minimum Gasteiger partial charge on any atom is -0.396 e. The molecule has 0 radical (unpaired) electrons. The summed E-state index contributed by atoms with van der Waals surface area (Å²) in [6, 6.07) is 0. The highest BCUT2D eigenvalue weighted by molar-refractivity contribution is 7.99. The topological polar surface area (TPSA) is 90.9 Å². The number of aromatic nitrogens is 3. The lowest BCUT2D eigenvalue weighted by Crippen LogP contribution is -2.07. The van der Waals surface area contributed by atoms with Crippen LogP contribution in [0.5, 0.6) is 0 Å². The maximum Gasteiger partial charge on any atom is 0.271 e. The summed E-state index contributed by atoms with van der Waals surface area (Å²) in [5.41, 5.74) is 0.360. The van der Waals surface area contributed by atoms with E-state index in [0.29, 0.717) is 33.6 Å². The number of anilines is 1. The van der Waals surface area contributed by atoms with Gasteiger partial charge in [0.1, 0.15) is 4.70 Å². The van der Waals surface area contributed by atoms with Crippen molar-refractivity contribution in [3.05, 3.63) is 10.4 Å². The summed E-state index contributed by atoms with van der Waals surface area (Å²) in [5.74, 6) is 0.952. The van der Waals surface area contributed by atoms with E-state index in [2.05, 4.69) is 27.2 Å². The van der Waals surface area contributed by atoms with Crippen LogP contribution in [0.4, 0.5) is 5.13 Å². The average Bonchev–Trinajstić information content (AvgIpc) is 2.87. The number of unbranched alkanes of at least 4 members (excludes halogenated alkanes) is 2. The normalized spacial score (nSPS) is 11.1. The van der Waals surface area contributed by atoms with Crippen molar-refractivity contribution in [2.45, 2.75) is 37.8 Å².